The van der Waals surface area contributed by atoms with Crippen LogP contribution in [0, 0.1) is 13.8 Å². The predicted molar refractivity (Wildman–Crippen MR) is 93.5 cm³/mol. The lowest BCUT2D eigenvalue weighted by Gasteiger charge is -2.26. The summed E-state index contributed by atoms with van der Waals surface area (Å²) < 4.78 is 1.80. The first-order valence-corrected chi connectivity index (χ1v) is 7.92. The molecular weight excluding hydrogens is 300 g/mol. The second-order valence-corrected chi connectivity index (χ2v) is 6.04. The minimum atomic E-state index is -0.217. The number of hydrogen-bond donors (Lipinski definition) is 2. The van der Waals surface area contributed by atoms with E-state index in [1.165, 1.54) is 5.56 Å². The molecular formula is C19H18N4O. The summed E-state index contributed by atoms with van der Waals surface area (Å²) in [6.45, 7) is 4.02. The van der Waals surface area contributed by atoms with E-state index in [1.807, 2.05) is 37.3 Å². The van der Waals surface area contributed by atoms with Crippen LogP contribution < -0.4 is 10.6 Å². The predicted octanol–water partition coefficient (Wildman–Crippen LogP) is 3.71. The highest BCUT2D eigenvalue weighted by Gasteiger charge is 2.31. The van der Waals surface area contributed by atoms with Gasteiger partial charge in [-0.15, -0.1) is 0 Å². The zero-order chi connectivity index (χ0) is 16.7. The summed E-state index contributed by atoms with van der Waals surface area (Å²) >= 11 is 0. The molecule has 2 aromatic carbocycles. The highest BCUT2D eigenvalue weighted by Crippen LogP contribution is 2.35. The maximum atomic E-state index is 12.2. The first-order chi connectivity index (χ1) is 11.6. The summed E-state index contributed by atoms with van der Waals surface area (Å²) in [6, 6.07) is 17.6. The molecule has 2 heterocycles. The second kappa shape index (κ2) is 5.53. The zero-order valence-corrected chi connectivity index (χ0v) is 13.6. The fourth-order valence-electron chi connectivity index (χ4n) is 3.12. The number of carbonyl (C=O) groups excluding carboxylic acids is 1. The van der Waals surface area contributed by atoms with Gasteiger partial charge in [-0.2, -0.15) is 5.10 Å². The van der Waals surface area contributed by atoms with Crippen LogP contribution in [0.4, 0.5) is 10.6 Å². The van der Waals surface area contributed by atoms with Crippen LogP contribution in [0.3, 0.4) is 0 Å². The van der Waals surface area contributed by atoms with Crippen molar-refractivity contribution in [1.29, 1.82) is 0 Å². The Morgan fingerprint density at radius 1 is 1.00 bits per heavy atom. The SMILES string of the molecule is Cc1ccc(C2NC(=O)Nc3c2c(C)nn3-c2ccccc2)cc1. The van der Waals surface area contributed by atoms with Gasteiger partial charge < -0.3 is 5.32 Å². The number of amides is 2. The highest BCUT2D eigenvalue weighted by molar-refractivity contribution is 5.93. The summed E-state index contributed by atoms with van der Waals surface area (Å²) in [5.41, 5.74) is 5.06. The maximum Gasteiger partial charge on any atom is 0.321 e. The second-order valence-electron chi connectivity index (χ2n) is 6.04. The normalized spacial score (nSPS) is 16.2. The average Bonchev–Trinajstić information content (AvgIpc) is 2.92. The number of rotatable bonds is 2. The van der Waals surface area contributed by atoms with Crippen LogP contribution >= 0.6 is 0 Å². The van der Waals surface area contributed by atoms with Gasteiger partial charge in [0.05, 0.1) is 17.4 Å². The van der Waals surface area contributed by atoms with Crippen LogP contribution in [0.25, 0.3) is 5.69 Å². The number of nitrogens with one attached hydrogen (secondary N) is 2. The van der Waals surface area contributed by atoms with E-state index in [0.717, 1.165) is 28.3 Å². The minimum Gasteiger partial charge on any atom is -0.327 e. The van der Waals surface area contributed by atoms with E-state index in [1.54, 1.807) is 4.68 Å². The Labute approximate surface area is 140 Å². The van der Waals surface area contributed by atoms with Crippen molar-refractivity contribution in [2.75, 3.05) is 5.32 Å². The molecule has 24 heavy (non-hydrogen) atoms. The Bertz CT molecular complexity index is 897. The van der Waals surface area contributed by atoms with Crippen LogP contribution in [0.15, 0.2) is 54.6 Å². The van der Waals surface area contributed by atoms with Crippen LogP contribution in [-0.2, 0) is 0 Å². The lowest BCUT2D eigenvalue weighted by Crippen LogP contribution is -2.38. The van der Waals surface area contributed by atoms with E-state index in [9.17, 15) is 4.79 Å². The largest absolute Gasteiger partial charge is 0.327 e. The van der Waals surface area contributed by atoms with E-state index in [-0.39, 0.29) is 12.1 Å². The van der Waals surface area contributed by atoms with Gasteiger partial charge in [-0.1, -0.05) is 48.0 Å². The number of benzene rings is 2. The third kappa shape index (κ3) is 2.34. The standard InChI is InChI=1S/C19H18N4O/c1-12-8-10-14(11-9-12)17-16-13(2)22-23(15-6-4-3-5-7-15)18(16)21-19(24)20-17/h3-11,17H,1-2H3,(H2,20,21,24). The van der Waals surface area contributed by atoms with Gasteiger partial charge in [0.25, 0.3) is 0 Å². The van der Waals surface area contributed by atoms with Gasteiger partial charge in [-0.25, -0.2) is 9.48 Å². The summed E-state index contributed by atoms with van der Waals surface area (Å²) in [4.78, 5) is 12.2. The van der Waals surface area contributed by atoms with E-state index in [0.29, 0.717) is 0 Å². The van der Waals surface area contributed by atoms with Gasteiger partial charge in [0.2, 0.25) is 0 Å². The molecule has 1 aliphatic heterocycles. The van der Waals surface area contributed by atoms with Gasteiger partial charge in [0.1, 0.15) is 5.82 Å². The van der Waals surface area contributed by atoms with Gasteiger partial charge in [-0.05, 0) is 31.5 Å². The fraction of sp³-hybridized carbons (Fsp3) is 0.158. The third-order valence-corrected chi connectivity index (χ3v) is 4.31. The number of urea groups is 1. The van der Waals surface area contributed by atoms with E-state index in [2.05, 4.69) is 46.9 Å². The molecule has 0 spiro atoms. The monoisotopic (exact) mass is 318 g/mol. The molecule has 1 atom stereocenters. The quantitative estimate of drug-likeness (QED) is 0.756. The number of hydrogen-bond acceptors (Lipinski definition) is 2. The highest BCUT2D eigenvalue weighted by atomic mass is 16.2. The molecule has 0 saturated heterocycles. The van der Waals surface area contributed by atoms with Crippen molar-refractivity contribution in [3.05, 3.63) is 77.0 Å². The molecule has 1 aliphatic rings. The fourth-order valence-corrected chi connectivity index (χ4v) is 3.12. The topological polar surface area (TPSA) is 59.0 Å². The first kappa shape index (κ1) is 14.5. The van der Waals surface area contributed by atoms with Crippen molar-refractivity contribution in [1.82, 2.24) is 15.1 Å². The van der Waals surface area contributed by atoms with Crippen molar-refractivity contribution in [3.63, 3.8) is 0 Å². The molecule has 2 N–H and O–H groups in total. The van der Waals surface area contributed by atoms with Crippen LogP contribution in [0.1, 0.15) is 28.4 Å². The molecule has 0 bridgehead atoms. The van der Waals surface area contributed by atoms with Crippen molar-refractivity contribution in [3.8, 4) is 5.69 Å². The molecule has 1 aromatic heterocycles. The molecule has 1 unspecified atom stereocenters. The smallest absolute Gasteiger partial charge is 0.321 e. The molecule has 5 heteroatoms. The molecule has 120 valence electrons. The van der Waals surface area contributed by atoms with Gasteiger partial charge in [-0.3, -0.25) is 5.32 Å². The van der Waals surface area contributed by atoms with Crippen molar-refractivity contribution in [2.45, 2.75) is 19.9 Å². The molecule has 2 amide bonds. The van der Waals surface area contributed by atoms with E-state index in [4.69, 9.17) is 0 Å². The Hall–Kier alpha value is -3.08. The summed E-state index contributed by atoms with van der Waals surface area (Å²) in [7, 11) is 0. The molecule has 0 aliphatic carbocycles. The number of aromatic nitrogens is 2. The minimum absolute atomic E-state index is 0.202. The molecule has 0 saturated carbocycles. The van der Waals surface area contributed by atoms with Gasteiger partial charge in [0, 0.05) is 5.56 Å². The van der Waals surface area contributed by atoms with E-state index >= 15 is 0 Å². The van der Waals surface area contributed by atoms with E-state index < -0.39 is 0 Å². The molecule has 4 rings (SSSR count). The number of aryl methyl sites for hydroxylation is 2. The van der Waals surface area contributed by atoms with Crippen molar-refractivity contribution < 1.29 is 4.79 Å². The average molecular weight is 318 g/mol. The van der Waals surface area contributed by atoms with Crippen molar-refractivity contribution in [2.24, 2.45) is 0 Å². The van der Waals surface area contributed by atoms with Crippen LogP contribution in [0.2, 0.25) is 0 Å². The summed E-state index contributed by atoms with van der Waals surface area (Å²) in [5, 5.41) is 10.6. The molecule has 3 aromatic rings. The Morgan fingerprint density at radius 3 is 2.42 bits per heavy atom. The lowest BCUT2D eigenvalue weighted by atomic mass is 9.96. The van der Waals surface area contributed by atoms with Crippen LogP contribution in [-0.4, -0.2) is 15.8 Å². The van der Waals surface area contributed by atoms with Crippen molar-refractivity contribution >= 4 is 11.8 Å². The Morgan fingerprint density at radius 2 is 1.71 bits per heavy atom. The van der Waals surface area contributed by atoms with Crippen LogP contribution in [0.5, 0.6) is 0 Å². The first-order valence-electron chi connectivity index (χ1n) is 7.92. The Kier molecular flexibility index (Phi) is 3.34. The number of anilines is 1. The number of nitrogens with zero attached hydrogens (tertiary/aromatic N) is 2. The van der Waals surface area contributed by atoms with Gasteiger partial charge in [0.15, 0.2) is 0 Å². The Balaban J connectivity index is 1.87. The molecule has 5 nitrogen and oxygen atoms in total. The van der Waals surface area contributed by atoms with Gasteiger partial charge >= 0.3 is 6.03 Å². The number of fused-ring (bicyclic) bond motifs is 1. The number of para-hydroxylation sites is 1. The maximum absolute atomic E-state index is 12.2. The lowest BCUT2D eigenvalue weighted by molar-refractivity contribution is 0.249. The zero-order valence-electron chi connectivity index (χ0n) is 13.6. The number of carbonyl (C=O) groups is 1. The molecule has 0 fully saturated rings. The summed E-state index contributed by atoms with van der Waals surface area (Å²) in [5.74, 6) is 0.730. The molecule has 0 radical (unpaired) electrons. The summed E-state index contributed by atoms with van der Waals surface area (Å²) in [6.07, 6.45) is 0. The third-order valence-electron chi connectivity index (χ3n) is 4.31.